The Morgan fingerprint density at radius 1 is 1.21 bits per heavy atom. The lowest BCUT2D eigenvalue weighted by Gasteiger charge is -2.40. The minimum absolute atomic E-state index is 0.0733. The Kier molecular flexibility index (Phi) is 5.21. The summed E-state index contributed by atoms with van der Waals surface area (Å²) in [5, 5.41) is 7.09. The van der Waals surface area contributed by atoms with Gasteiger partial charge in [0.1, 0.15) is 11.2 Å². The summed E-state index contributed by atoms with van der Waals surface area (Å²) in [4.78, 5) is 27.6. The van der Waals surface area contributed by atoms with Gasteiger partial charge in [0, 0.05) is 49.0 Å². The van der Waals surface area contributed by atoms with Crippen LogP contribution in [0.5, 0.6) is 11.8 Å². The Morgan fingerprint density at radius 2 is 2.06 bits per heavy atom. The van der Waals surface area contributed by atoms with E-state index in [1.165, 1.54) is 12.8 Å². The summed E-state index contributed by atoms with van der Waals surface area (Å²) < 4.78 is 11.2. The summed E-state index contributed by atoms with van der Waals surface area (Å²) in [6.45, 7) is 3.17. The fraction of sp³-hybridized carbons (Fsp3) is 0.440. The van der Waals surface area contributed by atoms with Crippen LogP contribution in [-0.4, -0.2) is 57.8 Å². The van der Waals surface area contributed by atoms with E-state index in [-0.39, 0.29) is 5.91 Å². The van der Waals surface area contributed by atoms with E-state index in [0.29, 0.717) is 44.6 Å². The van der Waals surface area contributed by atoms with Crippen LogP contribution in [-0.2, 0) is 23.3 Å². The van der Waals surface area contributed by atoms with Gasteiger partial charge in [0.2, 0.25) is 5.91 Å². The summed E-state index contributed by atoms with van der Waals surface area (Å²) in [7, 11) is 1.64. The molecule has 3 aliphatic rings. The molecule has 1 N–H and O–H groups in total. The standard InChI is InChI=1S/C25H28N6O3/c1-33-21-6-4-20(5-7-21)31-13-18-12-26-24(34-15-17-2-3-17)28-22(18)25(23(31)32)9-11-30(16-25)14-19-8-10-27-29-19/h4-8,10,12,17H,2-3,9,11,13-16H2,1H3,(H,27,29). The van der Waals surface area contributed by atoms with Crippen LogP contribution < -0.4 is 14.4 Å². The number of ether oxygens (including phenoxy) is 2. The Morgan fingerprint density at radius 3 is 2.79 bits per heavy atom. The zero-order chi connectivity index (χ0) is 23.1. The number of carbonyl (C=O) groups is 1. The Labute approximate surface area is 198 Å². The van der Waals surface area contributed by atoms with Crippen molar-refractivity contribution in [3.63, 3.8) is 0 Å². The molecular weight excluding hydrogens is 432 g/mol. The van der Waals surface area contributed by atoms with Crippen LogP contribution in [0.25, 0.3) is 0 Å². The number of aromatic amines is 1. The second kappa shape index (κ2) is 8.39. The highest BCUT2D eigenvalue weighted by molar-refractivity contribution is 6.03. The lowest BCUT2D eigenvalue weighted by atomic mass is 9.77. The Hall–Kier alpha value is -3.46. The first-order chi connectivity index (χ1) is 16.6. The number of hydrogen-bond acceptors (Lipinski definition) is 7. The molecule has 1 aliphatic carbocycles. The average molecular weight is 461 g/mol. The van der Waals surface area contributed by atoms with E-state index in [2.05, 4.69) is 20.1 Å². The Balaban J connectivity index is 1.35. The SMILES string of the molecule is COc1ccc(N2Cc3cnc(OCC4CC4)nc3C3(CCN(Cc4ccn[nH]4)C3)C2=O)cc1. The Bertz CT molecular complexity index is 1180. The van der Waals surface area contributed by atoms with Gasteiger partial charge in [-0.05, 0) is 55.5 Å². The van der Waals surface area contributed by atoms with Gasteiger partial charge in [-0.3, -0.25) is 14.8 Å². The number of anilines is 1. The number of fused-ring (bicyclic) bond motifs is 2. The predicted molar refractivity (Wildman–Crippen MR) is 125 cm³/mol. The number of likely N-dealkylation sites (tertiary alicyclic amines) is 1. The van der Waals surface area contributed by atoms with Gasteiger partial charge in [0.15, 0.2) is 0 Å². The molecule has 34 heavy (non-hydrogen) atoms. The van der Waals surface area contributed by atoms with Crippen molar-refractivity contribution in [2.24, 2.45) is 5.92 Å². The van der Waals surface area contributed by atoms with E-state index < -0.39 is 5.41 Å². The van der Waals surface area contributed by atoms with Crippen LogP contribution in [0.3, 0.4) is 0 Å². The van der Waals surface area contributed by atoms with Gasteiger partial charge in [-0.2, -0.15) is 10.1 Å². The number of nitrogens with one attached hydrogen (secondary N) is 1. The molecule has 6 rings (SSSR count). The number of carbonyl (C=O) groups excluding carboxylic acids is 1. The molecule has 1 saturated carbocycles. The van der Waals surface area contributed by atoms with Gasteiger partial charge < -0.3 is 14.4 Å². The maximum Gasteiger partial charge on any atom is 0.316 e. The first-order valence-electron chi connectivity index (χ1n) is 11.8. The summed E-state index contributed by atoms with van der Waals surface area (Å²) in [6.07, 6.45) is 6.69. The highest BCUT2D eigenvalue weighted by Gasteiger charge is 2.53. The fourth-order valence-corrected chi connectivity index (χ4v) is 5.04. The number of nitrogens with zero attached hydrogens (tertiary/aromatic N) is 5. The molecule has 0 radical (unpaired) electrons. The van der Waals surface area contributed by atoms with Gasteiger partial charge in [-0.15, -0.1) is 0 Å². The van der Waals surface area contributed by atoms with Crippen molar-refractivity contribution in [2.45, 2.75) is 37.8 Å². The molecule has 2 fully saturated rings. The lowest BCUT2D eigenvalue weighted by molar-refractivity contribution is -0.124. The minimum Gasteiger partial charge on any atom is -0.497 e. The van der Waals surface area contributed by atoms with Crippen LogP contribution in [0.4, 0.5) is 5.69 Å². The quantitative estimate of drug-likeness (QED) is 0.579. The third-order valence-corrected chi connectivity index (χ3v) is 7.11. The monoisotopic (exact) mass is 460 g/mol. The molecule has 1 atom stereocenters. The van der Waals surface area contributed by atoms with Crippen molar-refractivity contribution in [3.05, 3.63) is 59.7 Å². The van der Waals surface area contributed by atoms with Crippen LogP contribution in [0.15, 0.2) is 42.7 Å². The number of aromatic nitrogens is 4. The zero-order valence-electron chi connectivity index (χ0n) is 19.2. The van der Waals surface area contributed by atoms with Crippen LogP contribution in [0.2, 0.25) is 0 Å². The van der Waals surface area contributed by atoms with Crippen LogP contribution >= 0.6 is 0 Å². The molecule has 0 bridgehead atoms. The maximum atomic E-state index is 14.1. The normalized spacial score (nSPS) is 22.3. The first-order valence-corrected chi connectivity index (χ1v) is 11.8. The van der Waals surface area contributed by atoms with Gasteiger partial charge in [-0.25, -0.2) is 4.98 Å². The molecule has 9 heteroatoms. The second-order valence-electron chi connectivity index (χ2n) is 9.49. The van der Waals surface area contributed by atoms with Crippen molar-refractivity contribution in [3.8, 4) is 11.8 Å². The molecule has 1 spiro atoms. The number of benzene rings is 1. The third kappa shape index (κ3) is 3.79. The molecule has 2 aliphatic heterocycles. The predicted octanol–water partition coefficient (Wildman–Crippen LogP) is 2.69. The van der Waals surface area contributed by atoms with Crippen LogP contribution in [0.1, 0.15) is 36.2 Å². The molecule has 9 nitrogen and oxygen atoms in total. The number of methoxy groups -OCH3 is 1. The average Bonchev–Trinajstić information content (AvgIpc) is 3.38. The highest BCUT2D eigenvalue weighted by Crippen LogP contribution is 2.43. The van der Waals surface area contributed by atoms with E-state index in [4.69, 9.17) is 14.5 Å². The smallest absolute Gasteiger partial charge is 0.316 e. The summed E-state index contributed by atoms with van der Waals surface area (Å²) in [5.74, 6) is 1.44. The number of amides is 1. The summed E-state index contributed by atoms with van der Waals surface area (Å²) in [5.41, 5.74) is 2.92. The number of hydrogen-bond donors (Lipinski definition) is 1. The van der Waals surface area contributed by atoms with E-state index in [0.717, 1.165) is 34.9 Å². The van der Waals surface area contributed by atoms with Crippen molar-refractivity contribution in [1.82, 2.24) is 25.1 Å². The molecule has 176 valence electrons. The summed E-state index contributed by atoms with van der Waals surface area (Å²) >= 11 is 0. The molecule has 4 heterocycles. The second-order valence-corrected chi connectivity index (χ2v) is 9.49. The molecule has 1 aromatic carbocycles. The first kappa shape index (κ1) is 21.1. The molecule has 2 aromatic heterocycles. The van der Waals surface area contributed by atoms with Crippen molar-refractivity contribution in [1.29, 1.82) is 0 Å². The van der Waals surface area contributed by atoms with Gasteiger partial charge >= 0.3 is 6.01 Å². The van der Waals surface area contributed by atoms with Gasteiger partial charge in [0.25, 0.3) is 0 Å². The zero-order valence-corrected chi connectivity index (χ0v) is 19.2. The number of rotatable bonds is 7. The van der Waals surface area contributed by atoms with Crippen molar-refractivity contribution < 1.29 is 14.3 Å². The van der Waals surface area contributed by atoms with E-state index in [1.54, 1.807) is 13.3 Å². The largest absolute Gasteiger partial charge is 0.497 e. The minimum atomic E-state index is -0.742. The van der Waals surface area contributed by atoms with E-state index in [1.807, 2.05) is 41.4 Å². The molecular formula is C25H28N6O3. The van der Waals surface area contributed by atoms with Gasteiger partial charge in [0.05, 0.1) is 26.0 Å². The van der Waals surface area contributed by atoms with Crippen molar-refractivity contribution >= 4 is 11.6 Å². The van der Waals surface area contributed by atoms with E-state index in [9.17, 15) is 4.79 Å². The lowest BCUT2D eigenvalue weighted by Crippen LogP contribution is -2.53. The topological polar surface area (TPSA) is 96.5 Å². The van der Waals surface area contributed by atoms with Crippen LogP contribution in [0, 0.1) is 5.92 Å². The van der Waals surface area contributed by atoms with Gasteiger partial charge in [-0.1, -0.05) is 0 Å². The maximum absolute atomic E-state index is 14.1. The fourth-order valence-electron chi connectivity index (χ4n) is 5.04. The molecule has 1 saturated heterocycles. The van der Waals surface area contributed by atoms with E-state index >= 15 is 0 Å². The summed E-state index contributed by atoms with van der Waals surface area (Å²) in [6, 6.07) is 9.98. The molecule has 1 amide bonds. The number of H-pyrrole nitrogens is 1. The van der Waals surface area contributed by atoms with Crippen molar-refractivity contribution in [2.75, 3.05) is 31.7 Å². The highest BCUT2D eigenvalue weighted by atomic mass is 16.5. The third-order valence-electron chi connectivity index (χ3n) is 7.11. The molecule has 3 aromatic rings. The molecule has 1 unspecified atom stereocenters.